The van der Waals surface area contributed by atoms with E-state index in [1.165, 1.54) is 11.1 Å². The minimum atomic E-state index is 0.678. The Hall–Kier alpha value is -1.22. The van der Waals surface area contributed by atoms with Crippen molar-refractivity contribution in [2.24, 2.45) is 0 Å². The molecule has 3 rings (SSSR count). The summed E-state index contributed by atoms with van der Waals surface area (Å²) in [4.78, 5) is 0. The zero-order valence-electron chi connectivity index (χ0n) is 11.7. The maximum absolute atomic E-state index is 6.16. The molecule has 0 atom stereocenters. The molecule has 0 saturated carbocycles. The van der Waals surface area contributed by atoms with E-state index in [0.717, 1.165) is 48.9 Å². The minimum Gasteiger partial charge on any atom is -0.493 e. The second-order valence-electron chi connectivity index (χ2n) is 5.20. The fraction of sp³-hybridized carbons (Fsp3) is 0.294. The summed E-state index contributed by atoms with van der Waals surface area (Å²) in [5.74, 6) is 1.03. The predicted molar refractivity (Wildman–Crippen MR) is 87.5 cm³/mol. The van der Waals surface area contributed by atoms with Crippen LogP contribution >= 0.6 is 23.2 Å². The predicted octanol–water partition coefficient (Wildman–Crippen LogP) is 4.26. The highest BCUT2D eigenvalue weighted by Crippen LogP contribution is 2.25. The second kappa shape index (κ2) is 6.69. The van der Waals surface area contributed by atoms with Crippen molar-refractivity contribution in [3.63, 3.8) is 0 Å². The van der Waals surface area contributed by atoms with Crippen LogP contribution in [-0.4, -0.2) is 13.2 Å². The lowest BCUT2D eigenvalue weighted by Crippen LogP contribution is -2.16. The maximum atomic E-state index is 6.16. The Morgan fingerprint density at radius 2 is 2.00 bits per heavy atom. The zero-order valence-corrected chi connectivity index (χ0v) is 13.2. The maximum Gasteiger partial charge on any atom is 0.122 e. The van der Waals surface area contributed by atoms with Crippen molar-refractivity contribution < 1.29 is 4.74 Å². The average Bonchev–Trinajstić information content (AvgIpc) is 2.93. The van der Waals surface area contributed by atoms with Gasteiger partial charge in [0, 0.05) is 23.0 Å². The molecule has 2 aromatic carbocycles. The van der Waals surface area contributed by atoms with Gasteiger partial charge in [-0.15, -0.1) is 0 Å². The van der Waals surface area contributed by atoms with Gasteiger partial charge < -0.3 is 10.1 Å². The molecule has 2 aromatic rings. The first kappa shape index (κ1) is 14.7. The van der Waals surface area contributed by atoms with Gasteiger partial charge in [-0.3, -0.25) is 0 Å². The number of nitrogens with one attached hydrogen (secondary N) is 1. The molecule has 0 unspecified atom stereocenters. The quantitative estimate of drug-likeness (QED) is 0.831. The minimum absolute atomic E-state index is 0.678. The van der Waals surface area contributed by atoms with Crippen LogP contribution in [0.15, 0.2) is 36.4 Å². The normalized spacial score (nSPS) is 13.0. The third kappa shape index (κ3) is 3.70. The van der Waals surface area contributed by atoms with E-state index < -0.39 is 0 Å². The van der Waals surface area contributed by atoms with Gasteiger partial charge in [0.2, 0.25) is 0 Å². The zero-order chi connectivity index (χ0) is 14.7. The van der Waals surface area contributed by atoms with Crippen LogP contribution in [0.3, 0.4) is 0 Å². The fourth-order valence-electron chi connectivity index (χ4n) is 2.53. The molecule has 1 aliphatic heterocycles. The Morgan fingerprint density at radius 1 is 1.10 bits per heavy atom. The number of benzene rings is 2. The number of halogens is 2. The molecular formula is C17H17Cl2NO. The molecule has 0 bridgehead atoms. The molecule has 0 fully saturated rings. The molecule has 0 saturated heterocycles. The van der Waals surface area contributed by atoms with Gasteiger partial charge in [0.25, 0.3) is 0 Å². The Kier molecular flexibility index (Phi) is 4.69. The Morgan fingerprint density at radius 3 is 2.86 bits per heavy atom. The van der Waals surface area contributed by atoms with Crippen molar-refractivity contribution in [2.45, 2.75) is 19.4 Å². The Labute approximate surface area is 135 Å². The molecule has 0 amide bonds. The lowest BCUT2D eigenvalue weighted by molar-refractivity contribution is 0.357. The van der Waals surface area contributed by atoms with Crippen molar-refractivity contribution in [3.8, 4) is 5.75 Å². The average molecular weight is 322 g/mol. The smallest absolute Gasteiger partial charge is 0.122 e. The molecule has 0 spiro atoms. The van der Waals surface area contributed by atoms with Gasteiger partial charge in [0.05, 0.1) is 6.61 Å². The number of fused-ring (bicyclic) bond motifs is 1. The van der Waals surface area contributed by atoms with E-state index in [0.29, 0.717) is 5.02 Å². The Bertz CT molecular complexity index is 643. The van der Waals surface area contributed by atoms with E-state index in [-0.39, 0.29) is 0 Å². The molecule has 0 aliphatic carbocycles. The van der Waals surface area contributed by atoms with E-state index in [2.05, 4.69) is 23.5 Å². The van der Waals surface area contributed by atoms with E-state index in [4.69, 9.17) is 27.9 Å². The lowest BCUT2D eigenvalue weighted by Gasteiger charge is -2.08. The highest BCUT2D eigenvalue weighted by molar-refractivity contribution is 6.35. The summed E-state index contributed by atoms with van der Waals surface area (Å²) in [5, 5.41) is 4.86. The van der Waals surface area contributed by atoms with E-state index >= 15 is 0 Å². The summed E-state index contributed by atoms with van der Waals surface area (Å²) in [7, 11) is 0. The van der Waals surface area contributed by atoms with Crippen molar-refractivity contribution in [3.05, 3.63) is 63.1 Å². The summed E-state index contributed by atoms with van der Waals surface area (Å²) in [5.41, 5.74) is 3.73. The molecule has 0 radical (unpaired) electrons. The van der Waals surface area contributed by atoms with E-state index in [1.807, 2.05) is 12.1 Å². The van der Waals surface area contributed by atoms with Crippen LogP contribution in [0.2, 0.25) is 10.0 Å². The topological polar surface area (TPSA) is 21.3 Å². The number of hydrogen-bond donors (Lipinski definition) is 1. The molecule has 1 N–H and O–H groups in total. The number of hydrogen-bond acceptors (Lipinski definition) is 2. The van der Waals surface area contributed by atoms with Gasteiger partial charge in [-0.25, -0.2) is 0 Å². The van der Waals surface area contributed by atoms with Crippen LogP contribution in [0.5, 0.6) is 5.75 Å². The summed E-state index contributed by atoms with van der Waals surface area (Å²) in [6, 6.07) is 12.1. The number of rotatable bonds is 5. The highest BCUT2D eigenvalue weighted by atomic mass is 35.5. The molecule has 4 heteroatoms. The van der Waals surface area contributed by atoms with E-state index in [9.17, 15) is 0 Å². The second-order valence-corrected chi connectivity index (χ2v) is 6.05. The highest BCUT2D eigenvalue weighted by Gasteiger charge is 2.11. The van der Waals surface area contributed by atoms with Crippen LogP contribution in [-0.2, 0) is 19.4 Å². The monoisotopic (exact) mass is 321 g/mol. The van der Waals surface area contributed by atoms with Crippen molar-refractivity contribution in [2.75, 3.05) is 13.2 Å². The third-order valence-electron chi connectivity index (χ3n) is 3.67. The van der Waals surface area contributed by atoms with Crippen LogP contribution in [0.1, 0.15) is 16.7 Å². The van der Waals surface area contributed by atoms with Crippen molar-refractivity contribution in [1.29, 1.82) is 0 Å². The van der Waals surface area contributed by atoms with Gasteiger partial charge in [-0.2, -0.15) is 0 Å². The summed E-state index contributed by atoms with van der Waals surface area (Å²) in [6.07, 6.45) is 1.91. The molecule has 1 heterocycles. The number of ether oxygens (including phenoxy) is 1. The first-order valence-electron chi connectivity index (χ1n) is 7.11. The SMILES string of the molecule is Clc1ccc(CCNCc2ccc3c(c2)CCO3)c(Cl)c1. The van der Waals surface area contributed by atoms with Crippen molar-refractivity contribution in [1.82, 2.24) is 5.32 Å². The van der Waals surface area contributed by atoms with Crippen LogP contribution in [0, 0.1) is 0 Å². The molecule has 0 aromatic heterocycles. The first-order valence-corrected chi connectivity index (χ1v) is 7.87. The summed E-state index contributed by atoms with van der Waals surface area (Å²) >= 11 is 12.1. The molecule has 1 aliphatic rings. The lowest BCUT2D eigenvalue weighted by atomic mass is 10.1. The summed E-state index contributed by atoms with van der Waals surface area (Å²) < 4.78 is 5.51. The van der Waals surface area contributed by atoms with Gasteiger partial charge >= 0.3 is 0 Å². The summed E-state index contributed by atoms with van der Waals surface area (Å²) in [6.45, 7) is 2.55. The van der Waals surface area contributed by atoms with Gasteiger partial charge in [-0.1, -0.05) is 41.4 Å². The van der Waals surface area contributed by atoms with Crippen molar-refractivity contribution >= 4 is 23.2 Å². The van der Waals surface area contributed by atoms with E-state index in [1.54, 1.807) is 6.07 Å². The van der Waals surface area contributed by atoms with Crippen LogP contribution in [0.4, 0.5) is 0 Å². The van der Waals surface area contributed by atoms with Gasteiger partial charge in [-0.05, 0) is 47.9 Å². The fourth-order valence-corrected chi connectivity index (χ4v) is 3.03. The molecule has 21 heavy (non-hydrogen) atoms. The molecular weight excluding hydrogens is 305 g/mol. The van der Waals surface area contributed by atoms with Crippen LogP contribution < -0.4 is 10.1 Å². The van der Waals surface area contributed by atoms with Crippen LogP contribution in [0.25, 0.3) is 0 Å². The first-order chi connectivity index (χ1) is 10.2. The third-order valence-corrected chi connectivity index (χ3v) is 4.26. The Balaban J connectivity index is 1.50. The van der Waals surface area contributed by atoms with Gasteiger partial charge in [0.15, 0.2) is 0 Å². The largest absolute Gasteiger partial charge is 0.493 e. The molecule has 110 valence electrons. The standard InChI is InChI=1S/C17H17Cl2NO/c18-15-3-2-13(16(19)10-15)5-7-20-11-12-1-4-17-14(9-12)6-8-21-17/h1-4,9-10,20H,5-8,11H2. The molecule has 2 nitrogen and oxygen atoms in total. The van der Waals surface area contributed by atoms with Gasteiger partial charge in [0.1, 0.15) is 5.75 Å².